The lowest BCUT2D eigenvalue weighted by molar-refractivity contribution is -0.122. The Kier molecular flexibility index (Phi) is 4.88. The molecule has 1 aromatic heterocycles. The topological polar surface area (TPSA) is 72.1 Å². The van der Waals surface area contributed by atoms with Gasteiger partial charge in [0.25, 0.3) is 0 Å². The van der Waals surface area contributed by atoms with Crippen molar-refractivity contribution in [2.75, 3.05) is 18.1 Å². The molecule has 0 bridgehead atoms. The van der Waals surface area contributed by atoms with Crippen LogP contribution in [0.2, 0.25) is 0 Å². The number of aromatic nitrogens is 2. The maximum atomic E-state index is 13.0. The van der Waals surface area contributed by atoms with Crippen molar-refractivity contribution in [3.63, 3.8) is 0 Å². The maximum absolute atomic E-state index is 13.0. The Balaban J connectivity index is 1.79. The molecule has 1 atom stereocenters. The first-order chi connectivity index (χ1) is 11.1. The largest absolute Gasteiger partial charge is 0.368 e. The Hall–Kier alpha value is -1.99. The van der Waals surface area contributed by atoms with Gasteiger partial charge in [0.15, 0.2) is 5.82 Å². The van der Waals surface area contributed by atoms with Gasteiger partial charge >= 0.3 is 0 Å². The average Bonchev–Trinajstić information content (AvgIpc) is 2.56. The SMILES string of the molecule is NC(=O)[C@H]1CSCCN1Cc1ccnc(-c2ccc(F)cc2)n1. The minimum Gasteiger partial charge on any atom is -0.368 e. The Morgan fingerprint density at radius 1 is 1.35 bits per heavy atom. The van der Waals surface area contributed by atoms with E-state index in [-0.39, 0.29) is 17.8 Å². The predicted octanol–water partition coefficient (Wildman–Crippen LogP) is 1.69. The summed E-state index contributed by atoms with van der Waals surface area (Å²) in [6.07, 6.45) is 1.68. The van der Waals surface area contributed by atoms with Gasteiger partial charge in [0.1, 0.15) is 5.82 Å². The summed E-state index contributed by atoms with van der Waals surface area (Å²) in [6.45, 7) is 1.35. The van der Waals surface area contributed by atoms with Crippen molar-refractivity contribution < 1.29 is 9.18 Å². The van der Waals surface area contributed by atoms with Gasteiger partial charge in [-0.1, -0.05) is 0 Å². The summed E-state index contributed by atoms with van der Waals surface area (Å²) in [6, 6.07) is 7.63. The van der Waals surface area contributed by atoms with Crippen LogP contribution in [0.1, 0.15) is 5.69 Å². The highest BCUT2D eigenvalue weighted by Gasteiger charge is 2.27. The van der Waals surface area contributed by atoms with Gasteiger partial charge in [-0.15, -0.1) is 0 Å². The number of nitrogens with two attached hydrogens (primary N) is 1. The molecule has 120 valence electrons. The first kappa shape index (κ1) is 15.9. The van der Waals surface area contributed by atoms with Gasteiger partial charge in [0, 0.05) is 36.4 Å². The zero-order valence-electron chi connectivity index (χ0n) is 12.5. The molecule has 2 aromatic rings. The van der Waals surface area contributed by atoms with Crippen LogP contribution in [-0.2, 0) is 11.3 Å². The molecule has 23 heavy (non-hydrogen) atoms. The quantitative estimate of drug-likeness (QED) is 0.922. The fraction of sp³-hybridized carbons (Fsp3) is 0.312. The summed E-state index contributed by atoms with van der Waals surface area (Å²) in [5.41, 5.74) is 7.06. The van der Waals surface area contributed by atoms with E-state index < -0.39 is 0 Å². The van der Waals surface area contributed by atoms with Crippen LogP contribution >= 0.6 is 11.8 Å². The van der Waals surface area contributed by atoms with E-state index in [0.29, 0.717) is 18.1 Å². The van der Waals surface area contributed by atoms with Gasteiger partial charge in [0.2, 0.25) is 5.91 Å². The number of hydrogen-bond acceptors (Lipinski definition) is 5. The smallest absolute Gasteiger partial charge is 0.235 e. The zero-order valence-corrected chi connectivity index (χ0v) is 13.3. The summed E-state index contributed by atoms with van der Waals surface area (Å²) < 4.78 is 13.0. The van der Waals surface area contributed by atoms with Crippen molar-refractivity contribution in [2.45, 2.75) is 12.6 Å². The van der Waals surface area contributed by atoms with Gasteiger partial charge in [-0.25, -0.2) is 14.4 Å². The third kappa shape index (κ3) is 3.86. The second-order valence-electron chi connectivity index (χ2n) is 5.34. The van der Waals surface area contributed by atoms with E-state index in [1.807, 2.05) is 6.07 Å². The van der Waals surface area contributed by atoms with E-state index in [2.05, 4.69) is 14.9 Å². The molecule has 1 saturated heterocycles. The fourth-order valence-electron chi connectivity index (χ4n) is 2.52. The van der Waals surface area contributed by atoms with Crippen molar-refractivity contribution in [3.05, 3.63) is 48.0 Å². The summed E-state index contributed by atoms with van der Waals surface area (Å²) in [4.78, 5) is 22.4. The number of carbonyl (C=O) groups excluding carboxylic acids is 1. The molecule has 2 heterocycles. The molecule has 0 unspecified atom stereocenters. The molecular formula is C16H17FN4OS. The molecule has 0 radical (unpaired) electrons. The molecule has 0 spiro atoms. The Morgan fingerprint density at radius 2 is 2.13 bits per heavy atom. The van der Waals surface area contributed by atoms with E-state index in [9.17, 15) is 9.18 Å². The molecule has 2 N–H and O–H groups in total. The molecule has 0 saturated carbocycles. The second-order valence-corrected chi connectivity index (χ2v) is 6.49. The lowest BCUT2D eigenvalue weighted by Crippen LogP contribution is -2.49. The number of benzene rings is 1. The highest BCUT2D eigenvalue weighted by molar-refractivity contribution is 7.99. The van der Waals surface area contributed by atoms with Crippen LogP contribution in [0.4, 0.5) is 4.39 Å². The first-order valence-corrected chi connectivity index (χ1v) is 8.48. The van der Waals surface area contributed by atoms with Gasteiger partial charge in [-0.05, 0) is 30.3 Å². The van der Waals surface area contributed by atoms with Crippen molar-refractivity contribution in [1.29, 1.82) is 0 Å². The third-order valence-corrected chi connectivity index (χ3v) is 4.77. The summed E-state index contributed by atoms with van der Waals surface area (Å²) in [5, 5.41) is 0. The van der Waals surface area contributed by atoms with Crippen molar-refractivity contribution in [3.8, 4) is 11.4 Å². The molecule has 1 aromatic carbocycles. The van der Waals surface area contributed by atoms with Crippen molar-refractivity contribution >= 4 is 17.7 Å². The normalized spacial score (nSPS) is 18.7. The van der Waals surface area contributed by atoms with Crippen LogP contribution in [0.25, 0.3) is 11.4 Å². The number of hydrogen-bond donors (Lipinski definition) is 1. The number of amides is 1. The second kappa shape index (κ2) is 7.06. The van der Waals surface area contributed by atoms with Crippen LogP contribution in [0.15, 0.2) is 36.5 Å². The third-order valence-electron chi connectivity index (χ3n) is 3.75. The number of nitrogens with zero attached hydrogens (tertiary/aromatic N) is 3. The number of thioether (sulfide) groups is 1. The Morgan fingerprint density at radius 3 is 2.87 bits per heavy atom. The van der Waals surface area contributed by atoms with Crippen molar-refractivity contribution in [2.24, 2.45) is 5.73 Å². The summed E-state index contributed by atoms with van der Waals surface area (Å²) in [7, 11) is 0. The van der Waals surface area contributed by atoms with Crippen LogP contribution in [-0.4, -0.2) is 44.9 Å². The van der Waals surface area contributed by atoms with E-state index in [4.69, 9.17) is 5.73 Å². The first-order valence-electron chi connectivity index (χ1n) is 7.32. The zero-order chi connectivity index (χ0) is 16.2. The molecule has 1 aliphatic rings. The molecule has 1 fully saturated rings. The standard InChI is InChI=1S/C16H17FN4OS/c17-12-3-1-11(2-4-12)16-19-6-5-13(20-16)9-21-7-8-23-10-14(21)15(18)22/h1-6,14H,7-10H2,(H2,18,22)/t14-/m1/s1. The number of halogens is 1. The predicted molar refractivity (Wildman–Crippen MR) is 88.1 cm³/mol. The summed E-state index contributed by atoms with van der Waals surface area (Å²) in [5.74, 6) is 1.64. The van der Waals surface area contributed by atoms with Gasteiger partial charge in [-0.2, -0.15) is 11.8 Å². The van der Waals surface area contributed by atoms with E-state index in [0.717, 1.165) is 23.6 Å². The van der Waals surface area contributed by atoms with E-state index in [1.165, 1.54) is 12.1 Å². The van der Waals surface area contributed by atoms with E-state index >= 15 is 0 Å². The number of primary amides is 1. The Labute approximate surface area is 138 Å². The minimum atomic E-state index is -0.301. The minimum absolute atomic E-state index is 0.266. The van der Waals surface area contributed by atoms with Crippen LogP contribution < -0.4 is 5.73 Å². The van der Waals surface area contributed by atoms with Crippen LogP contribution in [0.5, 0.6) is 0 Å². The van der Waals surface area contributed by atoms with Gasteiger partial charge < -0.3 is 5.73 Å². The molecule has 7 heteroatoms. The lowest BCUT2D eigenvalue weighted by Gasteiger charge is -2.32. The molecular weight excluding hydrogens is 315 g/mol. The molecule has 3 rings (SSSR count). The fourth-order valence-corrected chi connectivity index (χ4v) is 3.65. The highest BCUT2D eigenvalue weighted by Crippen LogP contribution is 2.20. The monoisotopic (exact) mass is 332 g/mol. The molecule has 0 aliphatic carbocycles. The lowest BCUT2D eigenvalue weighted by atomic mass is 10.2. The highest BCUT2D eigenvalue weighted by atomic mass is 32.2. The maximum Gasteiger partial charge on any atom is 0.235 e. The molecule has 1 aliphatic heterocycles. The van der Waals surface area contributed by atoms with E-state index in [1.54, 1.807) is 30.1 Å². The number of carbonyl (C=O) groups is 1. The van der Waals surface area contributed by atoms with Crippen molar-refractivity contribution in [1.82, 2.24) is 14.9 Å². The van der Waals surface area contributed by atoms with Gasteiger partial charge in [-0.3, -0.25) is 9.69 Å². The molecule has 5 nitrogen and oxygen atoms in total. The Bertz CT molecular complexity index is 695. The van der Waals surface area contributed by atoms with Crippen LogP contribution in [0.3, 0.4) is 0 Å². The molecule has 1 amide bonds. The average molecular weight is 332 g/mol. The summed E-state index contributed by atoms with van der Waals surface area (Å²) >= 11 is 1.74. The van der Waals surface area contributed by atoms with Gasteiger partial charge in [0.05, 0.1) is 11.7 Å². The van der Waals surface area contributed by atoms with Crippen LogP contribution in [0, 0.1) is 5.82 Å². The number of rotatable bonds is 4.